The molecule has 4 rings (SSSR count). The van der Waals surface area contributed by atoms with Crippen LogP contribution in [-0.2, 0) is 21.1 Å². The van der Waals surface area contributed by atoms with Crippen molar-refractivity contribution >= 4 is 21.7 Å². The van der Waals surface area contributed by atoms with Gasteiger partial charge in [-0.2, -0.15) is 0 Å². The molecule has 2 aromatic rings. The van der Waals surface area contributed by atoms with Gasteiger partial charge >= 0.3 is 0 Å². The quantitative estimate of drug-likeness (QED) is 0.684. The van der Waals surface area contributed by atoms with Gasteiger partial charge in [0.1, 0.15) is 4.90 Å². The Labute approximate surface area is 184 Å². The van der Waals surface area contributed by atoms with Crippen LogP contribution in [0.15, 0.2) is 41.4 Å². The third kappa shape index (κ3) is 5.23. The number of hydrogen-bond donors (Lipinski definition) is 0. The fourth-order valence-corrected chi connectivity index (χ4v) is 5.31. The van der Waals surface area contributed by atoms with E-state index in [9.17, 15) is 13.2 Å². The number of carbonyl (C=O) groups excluding carboxylic acids is 1. The molecule has 3 heterocycles. The Morgan fingerprint density at radius 2 is 1.74 bits per heavy atom. The molecule has 8 heteroatoms. The van der Waals surface area contributed by atoms with Gasteiger partial charge in [-0.1, -0.05) is 30.3 Å². The minimum Gasteiger partial charge on any atom is -0.343 e. The van der Waals surface area contributed by atoms with Crippen molar-refractivity contribution < 1.29 is 13.2 Å². The standard InChI is InChI=1S/C23H30N4O3S/c1-31(29,30)20-17-24-23(27-13-5-6-14-27)25-22(20)19-11-15-26(16-12-19)21(28)10-9-18-7-3-2-4-8-18/h2-4,7-8,17,19H,5-6,9-16H2,1H3. The van der Waals surface area contributed by atoms with Gasteiger partial charge in [0.15, 0.2) is 9.84 Å². The summed E-state index contributed by atoms with van der Waals surface area (Å²) >= 11 is 0. The molecule has 7 nitrogen and oxygen atoms in total. The molecule has 0 spiro atoms. The number of aryl methyl sites for hydroxylation is 1. The molecule has 0 aliphatic carbocycles. The highest BCUT2D eigenvalue weighted by molar-refractivity contribution is 7.90. The molecule has 166 valence electrons. The number of piperidine rings is 1. The summed E-state index contributed by atoms with van der Waals surface area (Å²) in [4.78, 5) is 26.0. The van der Waals surface area contributed by atoms with Gasteiger partial charge in [-0.15, -0.1) is 0 Å². The zero-order valence-corrected chi connectivity index (χ0v) is 18.9. The summed E-state index contributed by atoms with van der Waals surface area (Å²) in [5.41, 5.74) is 1.79. The molecule has 0 saturated carbocycles. The van der Waals surface area contributed by atoms with Gasteiger partial charge in [0.25, 0.3) is 0 Å². The number of amides is 1. The number of carbonyl (C=O) groups is 1. The van der Waals surface area contributed by atoms with E-state index in [1.54, 1.807) is 0 Å². The van der Waals surface area contributed by atoms with E-state index in [0.717, 1.165) is 45.2 Å². The largest absolute Gasteiger partial charge is 0.343 e. The maximum Gasteiger partial charge on any atom is 0.225 e. The molecular formula is C23H30N4O3S. The summed E-state index contributed by atoms with van der Waals surface area (Å²) in [5, 5.41) is 0. The fraction of sp³-hybridized carbons (Fsp3) is 0.522. The number of benzene rings is 1. The summed E-state index contributed by atoms with van der Waals surface area (Å²) < 4.78 is 24.7. The van der Waals surface area contributed by atoms with Gasteiger partial charge in [-0.3, -0.25) is 4.79 Å². The third-order valence-corrected chi connectivity index (χ3v) is 7.38. The monoisotopic (exact) mass is 442 g/mol. The molecule has 2 fully saturated rings. The normalized spacial score (nSPS) is 17.8. The molecule has 2 saturated heterocycles. The lowest BCUT2D eigenvalue weighted by Crippen LogP contribution is -2.38. The van der Waals surface area contributed by atoms with Crippen molar-refractivity contribution in [1.29, 1.82) is 0 Å². The number of aromatic nitrogens is 2. The van der Waals surface area contributed by atoms with Crippen LogP contribution < -0.4 is 4.90 Å². The van der Waals surface area contributed by atoms with Crippen LogP contribution in [0.3, 0.4) is 0 Å². The highest BCUT2D eigenvalue weighted by Gasteiger charge is 2.30. The number of likely N-dealkylation sites (tertiary alicyclic amines) is 1. The van der Waals surface area contributed by atoms with Gasteiger partial charge < -0.3 is 9.80 Å². The van der Waals surface area contributed by atoms with Crippen molar-refractivity contribution in [3.63, 3.8) is 0 Å². The number of rotatable bonds is 6. The van der Waals surface area contributed by atoms with Crippen LogP contribution in [0.1, 0.15) is 49.3 Å². The van der Waals surface area contributed by atoms with Crippen molar-refractivity contribution in [1.82, 2.24) is 14.9 Å². The minimum absolute atomic E-state index is 0.0206. The van der Waals surface area contributed by atoms with Crippen LogP contribution >= 0.6 is 0 Å². The fourth-order valence-electron chi connectivity index (χ4n) is 4.48. The van der Waals surface area contributed by atoms with Crippen LogP contribution in [0.25, 0.3) is 0 Å². The topological polar surface area (TPSA) is 83.5 Å². The molecule has 0 atom stereocenters. The zero-order valence-electron chi connectivity index (χ0n) is 18.0. The van der Waals surface area contributed by atoms with Gasteiger partial charge in [0.05, 0.1) is 11.9 Å². The lowest BCUT2D eigenvalue weighted by atomic mass is 9.93. The van der Waals surface area contributed by atoms with Crippen LogP contribution in [0.5, 0.6) is 0 Å². The second kappa shape index (κ2) is 9.34. The average molecular weight is 443 g/mol. The number of hydrogen-bond acceptors (Lipinski definition) is 6. The first-order valence-electron chi connectivity index (χ1n) is 11.1. The van der Waals surface area contributed by atoms with E-state index in [1.165, 1.54) is 18.0 Å². The second-order valence-electron chi connectivity index (χ2n) is 8.53. The Morgan fingerprint density at radius 1 is 1.06 bits per heavy atom. The average Bonchev–Trinajstić information content (AvgIpc) is 3.32. The summed E-state index contributed by atoms with van der Waals surface area (Å²) in [6.07, 6.45) is 7.58. The SMILES string of the molecule is CS(=O)(=O)c1cnc(N2CCCC2)nc1C1CCN(C(=O)CCc2ccccc2)CC1. The first kappa shape index (κ1) is 21.7. The maximum absolute atomic E-state index is 12.7. The van der Waals surface area contributed by atoms with Gasteiger partial charge in [-0.25, -0.2) is 18.4 Å². The van der Waals surface area contributed by atoms with Gasteiger partial charge in [-0.05, 0) is 37.7 Å². The molecule has 31 heavy (non-hydrogen) atoms. The lowest BCUT2D eigenvalue weighted by molar-refractivity contribution is -0.132. The smallest absolute Gasteiger partial charge is 0.225 e. The molecule has 1 aromatic heterocycles. The summed E-state index contributed by atoms with van der Waals surface area (Å²) in [6.45, 7) is 3.08. The molecule has 2 aliphatic rings. The number of anilines is 1. The Hall–Kier alpha value is -2.48. The Kier molecular flexibility index (Phi) is 6.55. The highest BCUT2D eigenvalue weighted by atomic mass is 32.2. The minimum atomic E-state index is -3.42. The zero-order chi connectivity index (χ0) is 21.8. The summed E-state index contributed by atoms with van der Waals surface area (Å²) in [7, 11) is -3.42. The second-order valence-corrected chi connectivity index (χ2v) is 10.5. The van der Waals surface area contributed by atoms with E-state index in [2.05, 4.69) is 9.88 Å². The summed E-state index contributed by atoms with van der Waals surface area (Å²) in [6, 6.07) is 10.0. The molecule has 0 radical (unpaired) electrons. The molecule has 1 aromatic carbocycles. The summed E-state index contributed by atoms with van der Waals surface area (Å²) in [5.74, 6) is 0.805. The highest BCUT2D eigenvalue weighted by Crippen LogP contribution is 2.32. The molecule has 0 bridgehead atoms. The van der Waals surface area contributed by atoms with Crippen LogP contribution in [0.4, 0.5) is 5.95 Å². The number of sulfone groups is 1. The Balaban J connectivity index is 1.43. The lowest BCUT2D eigenvalue weighted by Gasteiger charge is -2.32. The molecule has 0 N–H and O–H groups in total. The van der Waals surface area contributed by atoms with Crippen molar-refractivity contribution in [3.05, 3.63) is 47.8 Å². The van der Waals surface area contributed by atoms with Crippen LogP contribution in [0.2, 0.25) is 0 Å². The molecule has 0 unspecified atom stereocenters. The predicted molar refractivity (Wildman–Crippen MR) is 120 cm³/mol. The first-order valence-corrected chi connectivity index (χ1v) is 12.9. The van der Waals surface area contributed by atoms with Crippen molar-refractivity contribution in [2.75, 3.05) is 37.3 Å². The van der Waals surface area contributed by atoms with Gasteiger partial charge in [0.2, 0.25) is 11.9 Å². The van der Waals surface area contributed by atoms with E-state index in [4.69, 9.17) is 4.98 Å². The first-order chi connectivity index (χ1) is 14.9. The van der Waals surface area contributed by atoms with E-state index >= 15 is 0 Å². The molecular weight excluding hydrogens is 412 g/mol. The predicted octanol–water partition coefficient (Wildman–Crippen LogP) is 2.82. The Morgan fingerprint density at radius 3 is 2.39 bits per heavy atom. The molecule has 2 aliphatic heterocycles. The van der Waals surface area contributed by atoms with Crippen molar-refractivity contribution in [3.8, 4) is 0 Å². The number of nitrogens with zero attached hydrogens (tertiary/aromatic N) is 4. The van der Waals surface area contributed by atoms with E-state index in [0.29, 0.717) is 31.2 Å². The van der Waals surface area contributed by atoms with Crippen molar-refractivity contribution in [2.24, 2.45) is 0 Å². The maximum atomic E-state index is 12.7. The van der Waals surface area contributed by atoms with E-state index < -0.39 is 9.84 Å². The van der Waals surface area contributed by atoms with E-state index in [-0.39, 0.29) is 16.7 Å². The third-order valence-electron chi connectivity index (χ3n) is 6.26. The van der Waals surface area contributed by atoms with E-state index in [1.807, 2.05) is 35.2 Å². The van der Waals surface area contributed by atoms with Crippen LogP contribution in [-0.4, -0.2) is 61.6 Å². The van der Waals surface area contributed by atoms with Gasteiger partial charge in [0, 0.05) is 44.8 Å². The Bertz CT molecular complexity index is 1010. The van der Waals surface area contributed by atoms with Crippen LogP contribution in [0, 0.1) is 0 Å². The molecule has 1 amide bonds. The van der Waals surface area contributed by atoms with Crippen molar-refractivity contribution in [2.45, 2.75) is 49.3 Å².